The van der Waals surface area contributed by atoms with Crippen molar-refractivity contribution >= 4 is 29.3 Å². The lowest BCUT2D eigenvalue weighted by atomic mass is 10.2. The fourth-order valence-electron chi connectivity index (χ4n) is 2.48. The molecule has 1 aromatic carbocycles. The van der Waals surface area contributed by atoms with Gasteiger partial charge in [0, 0.05) is 18.1 Å². The van der Waals surface area contributed by atoms with Crippen LogP contribution in [-0.4, -0.2) is 51.9 Å². The third-order valence-corrected chi connectivity index (χ3v) is 4.73. The average Bonchev–Trinajstić information content (AvgIpc) is 3.24. The molecule has 1 fully saturated rings. The van der Waals surface area contributed by atoms with Gasteiger partial charge >= 0.3 is 0 Å². The highest BCUT2D eigenvalue weighted by molar-refractivity contribution is 7.99. The minimum Gasteiger partial charge on any atom is -0.496 e. The van der Waals surface area contributed by atoms with Crippen molar-refractivity contribution in [3.8, 4) is 17.1 Å². The number of carbonyl (C=O) groups is 1. The molecule has 1 aliphatic rings. The lowest BCUT2D eigenvalue weighted by Gasteiger charge is -2.13. The first kappa shape index (κ1) is 16.1. The number of hydrogen-bond donors (Lipinski definition) is 1. The van der Waals surface area contributed by atoms with Crippen LogP contribution in [0.15, 0.2) is 23.4 Å². The third kappa shape index (κ3) is 3.79. The predicted molar refractivity (Wildman–Crippen MR) is 89.9 cm³/mol. The summed E-state index contributed by atoms with van der Waals surface area (Å²) in [6.45, 7) is 1.72. The second kappa shape index (κ2) is 7.23. The van der Waals surface area contributed by atoms with E-state index in [9.17, 15) is 4.79 Å². The van der Waals surface area contributed by atoms with Crippen LogP contribution < -0.4 is 4.74 Å². The standard InChI is InChI=1S/C15H17ClN4O2S/c1-22-12-5-4-10(16)8-11(12)14-17-15(19-18-14)23-9-13(21)20-6-2-3-7-20/h4-5,8H,2-3,6-7,9H2,1H3,(H,17,18,19). The van der Waals surface area contributed by atoms with Crippen LogP contribution in [0, 0.1) is 0 Å². The zero-order valence-corrected chi connectivity index (χ0v) is 14.3. The van der Waals surface area contributed by atoms with Gasteiger partial charge in [-0.3, -0.25) is 9.89 Å². The number of halogens is 1. The molecule has 1 N–H and O–H groups in total. The molecule has 0 spiro atoms. The molecule has 0 aliphatic carbocycles. The van der Waals surface area contributed by atoms with Crippen molar-refractivity contribution in [2.75, 3.05) is 26.0 Å². The predicted octanol–water partition coefficient (Wildman–Crippen LogP) is 2.85. The number of methoxy groups -OCH3 is 1. The van der Waals surface area contributed by atoms with Gasteiger partial charge in [0.15, 0.2) is 5.82 Å². The van der Waals surface area contributed by atoms with Crippen LogP contribution in [0.4, 0.5) is 0 Å². The zero-order chi connectivity index (χ0) is 16.2. The molecule has 0 unspecified atom stereocenters. The summed E-state index contributed by atoms with van der Waals surface area (Å²) in [5, 5.41) is 8.16. The van der Waals surface area contributed by atoms with Crippen molar-refractivity contribution in [3.63, 3.8) is 0 Å². The Hall–Kier alpha value is -1.73. The number of H-pyrrole nitrogens is 1. The Morgan fingerprint density at radius 2 is 2.22 bits per heavy atom. The first-order valence-corrected chi connectivity index (χ1v) is 8.70. The molecule has 1 saturated heterocycles. The summed E-state index contributed by atoms with van der Waals surface area (Å²) in [6, 6.07) is 5.30. The van der Waals surface area contributed by atoms with Gasteiger partial charge in [0.2, 0.25) is 11.1 Å². The molecule has 8 heteroatoms. The van der Waals surface area contributed by atoms with Crippen LogP contribution in [0.5, 0.6) is 5.75 Å². The van der Waals surface area contributed by atoms with E-state index in [0.717, 1.165) is 31.5 Å². The van der Waals surface area contributed by atoms with Crippen LogP contribution >= 0.6 is 23.4 Å². The molecule has 1 amide bonds. The Kier molecular flexibility index (Phi) is 5.07. The summed E-state index contributed by atoms with van der Waals surface area (Å²) in [5.74, 6) is 1.72. The maximum absolute atomic E-state index is 12.0. The van der Waals surface area contributed by atoms with Gasteiger partial charge in [0.05, 0.1) is 18.4 Å². The molecule has 122 valence electrons. The van der Waals surface area contributed by atoms with Crippen molar-refractivity contribution in [1.82, 2.24) is 20.1 Å². The number of rotatable bonds is 5. The second-order valence-electron chi connectivity index (χ2n) is 5.19. The minimum absolute atomic E-state index is 0.138. The van der Waals surface area contributed by atoms with E-state index in [-0.39, 0.29) is 5.91 Å². The Bertz CT molecular complexity index is 701. The van der Waals surface area contributed by atoms with Gasteiger partial charge in [-0.2, -0.15) is 0 Å². The molecule has 3 rings (SSSR count). The first-order chi connectivity index (χ1) is 11.2. The van der Waals surface area contributed by atoms with Crippen LogP contribution in [0.3, 0.4) is 0 Å². The van der Waals surface area contributed by atoms with Gasteiger partial charge in [0.25, 0.3) is 0 Å². The van der Waals surface area contributed by atoms with E-state index in [1.165, 1.54) is 11.8 Å². The fraction of sp³-hybridized carbons (Fsp3) is 0.400. The second-order valence-corrected chi connectivity index (χ2v) is 6.57. The van der Waals surface area contributed by atoms with Gasteiger partial charge in [0.1, 0.15) is 5.75 Å². The van der Waals surface area contributed by atoms with Gasteiger partial charge in [-0.05, 0) is 31.0 Å². The number of likely N-dealkylation sites (tertiary alicyclic amines) is 1. The van der Waals surface area contributed by atoms with E-state index in [1.807, 2.05) is 4.90 Å². The molecule has 0 atom stereocenters. The van der Waals surface area contributed by atoms with Crippen LogP contribution in [0.2, 0.25) is 5.02 Å². The van der Waals surface area contributed by atoms with Crippen molar-refractivity contribution in [3.05, 3.63) is 23.2 Å². The third-order valence-electron chi connectivity index (χ3n) is 3.67. The number of benzene rings is 1. The molecule has 0 radical (unpaired) electrons. The van der Waals surface area contributed by atoms with Crippen LogP contribution in [0.1, 0.15) is 12.8 Å². The lowest BCUT2D eigenvalue weighted by Crippen LogP contribution is -2.29. The molecule has 0 saturated carbocycles. The highest BCUT2D eigenvalue weighted by atomic mass is 35.5. The highest BCUT2D eigenvalue weighted by Crippen LogP contribution is 2.31. The van der Waals surface area contributed by atoms with Crippen molar-refractivity contribution in [2.24, 2.45) is 0 Å². The number of carbonyl (C=O) groups excluding carboxylic acids is 1. The molecular formula is C15H17ClN4O2S. The number of ether oxygens (including phenoxy) is 1. The number of hydrogen-bond acceptors (Lipinski definition) is 5. The van der Waals surface area contributed by atoms with E-state index in [0.29, 0.717) is 27.5 Å². The molecule has 6 nitrogen and oxygen atoms in total. The molecule has 2 aromatic rings. The maximum atomic E-state index is 12.0. The summed E-state index contributed by atoms with van der Waals surface area (Å²) in [7, 11) is 1.59. The monoisotopic (exact) mass is 352 g/mol. The zero-order valence-electron chi connectivity index (χ0n) is 12.7. The highest BCUT2D eigenvalue weighted by Gasteiger charge is 2.19. The quantitative estimate of drug-likeness (QED) is 0.838. The van der Waals surface area contributed by atoms with Crippen molar-refractivity contribution < 1.29 is 9.53 Å². The molecular weight excluding hydrogens is 336 g/mol. The summed E-state index contributed by atoms with van der Waals surface area (Å²) in [6.07, 6.45) is 2.19. The van der Waals surface area contributed by atoms with Gasteiger partial charge in [-0.15, -0.1) is 5.10 Å². The summed E-state index contributed by atoms with van der Waals surface area (Å²) in [5.41, 5.74) is 0.741. The maximum Gasteiger partial charge on any atom is 0.233 e. The minimum atomic E-state index is 0.138. The van der Waals surface area contributed by atoms with Crippen LogP contribution in [0.25, 0.3) is 11.4 Å². The van der Waals surface area contributed by atoms with Gasteiger partial charge in [-0.1, -0.05) is 23.4 Å². The SMILES string of the molecule is COc1ccc(Cl)cc1-c1nc(SCC(=O)N2CCCC2)n[nH]1. The lowest BCUT2D eigenvalue weighted by molar-refractivity contribution is -0.127. The number of nitrogens with zero attached hydrogens (tertiary/aromatic N) is 3. The summed E-state index contributed by atoms with van der Waals surface area (Å²) in [4.78, 5) is 18.3. The van der Waals surface area contributed by atoms with E-state index in [2.05, 4.69) is 15.2 Å². The van der Waals surface area contributed by atoms with E-state index >= 15 is 0 Å². The number of thioether (sulfide) groups is 1. The fourth-order valence-corrected chi connectivity index (χ4v) is 3.35. The number of nitrogens with one attached hydrogen (secondary N) is 1. The Labute approximate surface area is 143 Å². The number of aromatic amines is 1. The van der Waals surface area contributed by atoms with E-state index < -0.39 is 0 Å². The molecule has 2 heterocycles. The van der Waals surface area contributed by atoms with E-state index in [1.54, 1.807) is 25.3 Å². The first-order valence-electron chi connectivity index (χ1n) is 7.34. The molecule has 1 aliphatic heterocycles. The smallest absolute Gasteiger partial charge is 0.233 e. The van der Waals surface area contributed by atoms with Crippen molar-refractivity contribution in [2.45, 2.75) is 18.0 Å². The molecule has 1 aromatic heterocycles. The Morgan fingerprint density at radius 1 is 1.43 bits per heavy atom. The topological polar surface area (TPSA) is 71.1 Å². The summed E-state index contributed by atoms with van der Waals surface area (Å²) >= 11 is 7.36. The largest absolute Gasteiger partial charge is 0.496 e. The number of amides is 1. The summed E-state index contributed by atoms with van der Waals surface area (Å²) < 4.78 is 5.32. The van der Waals surface area contributed by atoms with Gasteiger partial charge in [-0.25, -0.2) is 4.98 Å². The van der Waals surface area contributed by atoms with Gasteiger partial charge < -0.3 is 9.64 Å². The molecule has 23 heavy (non-hydrogen) atoms. The Morgan fingerprint density at radius 3 is 2.96 bits per heavy atom. The Balaban J connectivity index is 1.68. The van der Waals surface area contributed by atoms with Crippen molar-refractivity contribution in [1.29, 1.82) is 0 Å². The molecule has 0 bridgehead atoms. The van der Waals surface area contributed by atoms with Crippen LogP contribution in [-0.2, 0) is 4.79 Å². The normalized spacial score (nSPS) is 14.3. The van der Waals surface area contributed by atoms with E-state index in [4.69, 9.17) is 16.3 Å². The average molecular weight is 353 g/mol. The number of aromatic nitrogens is 3.